The maximum atomic E-state index is 12.4. The Morgan fingerprint density at radius 1 is 1.50 bits per heavy atom. The first-order chi connectivity index (χ1) is 10.8. The van der Waals surface area contributed by atoms with Gasteiger partial charge in [-0.2, -0.15) is 0 Å². The quantitative estimate of drug-likeness (QED) is 0.849. The predicted molar refractivity (Wildman–Crippen MR) is 101 cm³/mol. The van der Waals surface area contributed by atoms with E-state index in [1.807, 2.05) is 29.5 Å². The third-order valence-corrected chi connectivity index (χ3v) is 4.84. The highest BCUT2D eigenvalue weighted by molar-refractivity contribution is 7.13. The van der Waals surface area contributed by atoms with E-state index in [-0.39, 0.29) is 30.7 Å². The molecule has 0 bridgehead atoms. The Hall–Kier alpha value is -1.08. The first-order valence-electron chi connectivity index (χ1n) is 7.67. The Balaban J connectivity index is 0.00000144. The molecule has 1 aliphatic rings. The van der Waals surface area contributed by atoms with Crippen LogP contribution in [0.4, 0.5) is 0 Å². The second-order valence-corrected chi connectivity index (χ2v) is 6.65. The van der Waals surface area contributed by atoms with Crippen molar-refractivity contribution in [2.75, 3.05) is 26.7 Å². The molecule has 24 heavy (non-hydrogen) atoms. The SMILES string of the molecule is CNCC1CCCN(C(=O)Cc2coc(-c3cccs3)n2)C1.Cl.Cl. The van der Waals surface area contributed by atoms with Crippen molar-refractivity contribution in [2.45, 2.75) is 19.3 Å². The van der Waals surface area contributed by atoms with Crippen molar-refractivity contribution in [3.63, 3.8) is 0 Å². The zero-order chi connectivity index (χ0) is 15.4. The fourth-order valence-corrected chi connectivity index (χ4v) is 3.57. The van der Waals surface area contributed by atoms with Crippen LogP contribution in [0.3, 0.4) is 0 Å². The van der Waals surface area contributed by atoms with Gasteiger partial charge in [-0.25, -0.2) is 4.98 Å². The van der Waals surface area contributed by atoms with E-state index in [9.17, 15) is 4.79 Å². The van der Waals surface area contributed by atoms with Crippen molar-refractivity contribution in [2.24, 2.45) is 5.92 Å². The molecule has 8 heteroatoms. The van der Waals surface area contributed by atoms with Crippen LogP contribution >= 0.6 is 36.2 Å². The van der Waals surface area contributed by atoms with Gasteiger partial charge in [0.25, 0.3) is 0 Å². The van der Waals surface area contributed by atoms with E-state index in [1.54, 1.807) is 17.6 Å². The summed E-state index contributed by atoms with van der Waals surface area (Å²) < 4.78 is 5.48. The molecule has 1 saturated heterocycles. The topological polar surface area (TPSA) is 58.4 Å². The van der Waals surface area contributed by atoms with Gasteiger partial charge in [0.05, 0.1) is 17.0 Å². The third kappa shape index (κ3) is 5.21. The highest BCUT2D eigenvalue weighted by atomic mass is 35.5. The van der Waals surface area contributed by atoms with Crippen molar-refractivity contribution < 1.29 is 9.21 Å². The van der Waals surface area contributed by atoms with Gasteiger partial charge in [0.2, 0.25) is 11.8 Å². The number of nitrogens with one attached hydrogen (secondary N) is 1. The molecule has 5 nitrogen and oxygen atoms in total. The van der Waals surface area contributed by atoms with Crippen LogP contribution in [0.2, 0.25) is 0 Å². The number of amides is 1. The van der Waals surface area contributed by atoms with Gasteiger partial charge in [-0.05, 0) is 43.8 Å². The number of nitrogens with zero attached hydrogens (tertiary/aromatic N) is 2. The summed E-state index contributed by atoms with van der Waals surface area (Å²) >= 11 is 1.58. The summed E-state index contributed by atoms with van der Waals surface area (Å²) in [5.41, 5.74) is 0.712. The van der Waals surface area contributed by atoms with Crippen LogP contribution in [0, 0.1) is 5.92 Å². The number of hydrogen-bond acceptors (Lipinski definition) is 5. The highest BCUT2D eigenvalue weighted by Crippen LogP contribution is 2.24. The van der Waals surface area contributed by atoms with Gasteiger partial charge in [-0.3, -0.25) is 4.79 Å². The van der Waals surface area contributed by atoms with E-state index in [2.05, 4.69) is 10.3 Å². The first kappa shape index (κ1) is 21.0. The molecule has 1 unspecified atom stereocenters. The molecule has 1 N–H and O–H groups in total. The lowest BCUT2D eigenvalue weighted by Gasteiger charge is -2.32. The minimum absolute atomic E-state index is 0. The number of likely N-dealkylation sites (tertiary alicyclic amines) is 1. The second-order valence-electron chi connectivity index (χ2n) is 5.70. The van der Waals surface area contributed by atoms with Gasteiger partial charge in [0.1, 0.15) is 6.26 Å². The van der Waals surface area contributed by atoms with Crippen LogP contribution in [0.25, 0.3) is 10.8 Å². The van der Waals surface area contributed by atoms with Crippen molar-refractivity contribution in [1.82, 2.24) is 15.2 Å². The third-order valence-electron chi connectivity index (χ3n) is 3.98. The molecule has 2 aromatic heterocycles. The molecule has 2 aromatic rings. The monoisotopic (exact) mass is 391 g/mol. The van der Waals surface area contributed by atoms with Crippen molar-refractivity contribution >= 4 is 42.1 Å². The highest BCUT2D eigenvalue weighted by Gasteiger charge is 2.24. The van der Waals surface area contributed by atoms with E-state index < -0.39 is 0 Å². The molecule has 0 radical (unpaired) electrons. The number of oxazole rings is 1. The molecule has 0 spiro atoms. The molecule has 0 saturated carbocycles. The number of carbonyl (C=O) groups is 1. The molecule has 0 aromatic carbocycles. The number of thiophene rings is 1. The van der Waals surface area contributed by atoms with Gasteiger partial charge in [-0.1, -0.05) is 6.07 Å². The average molecular weight is 392 g/mol. The van der Waals surface area contributed by atoms with Crippen LogP contribution < -0.4 is 5.32 Å². The molecule has 1 atom stereocenters. The Labute approximate surface area is 158 Å². The summed E-state index contributed by atoms with van der Waals surface area (Å²) in [5.74, 6) is 1.30. The number of rotatable bonds is 5. The van der Waals surface area contributed by atoms with Crippen LogP contribution in [0.1, 0.15) is 18.5 Å². The predicted octanol–water partition coefficient (Wildman–Crippen LogP) is 3.25. The molecule has 134 valence electrons. The van der Waals surface area contributed by atoms with Crippen LogP contribution in [-0.2, 0) is 11.2 Å². The molecular formula is C16H23Cl2N3O2S. The fraction of sp³-hybridized carbons (Fsp3) is 0.500. The minimum Gasteiger partial charge on any atom is -0.444 e. The van der Waals surface area contributed by atoms with E-state index in [0.717, 1.165) is 30.9 Å². The van der Waals surface area contributed by atoms with E-state index >= 15 is 0 Å². The Morgan fingerprint density at radius 3 is 3.04 bits per heavy atom. The summed E-state index contributed by atoms with van der Waals surface area (Å²) in [5, 5.41) is 5.19. The van der Waals surface area contributed by atoms with E-state index in [4.69, 9.17) is 4.42 Å². The summed E-state index contributed by atoms with van der Waals surface area (Å²) in [6, 6.07) is 3.93. The van der Waals surface area contributed by atoms with Crippen LogP contribution in [0.15, 0.2) is 28.2 Å². The molecule has 1 amide bonds. The Bertz CT molecular complexity index is 617. The standard InChI is InChI=1S/C16H21N3O2S.2ClH/c1-17-9-12-4-2-6-19(10-12)15(20)8-13-11-21-16(18-13)14-5-3-7-22-14;;/h3,5,7,11-12,17H,2,4,6,8-10H2,1H3;2*1H. The lowest BCUT2D eigenvalue weighted by atomic mass is 9.97. The second kappa shape index (κ2) is 10.0. The van der Waals surface area contributed by atoms with Crippen molar-refractivity contribution in [1.29, 1.82) is 0 Å². The number of hydrogen-bond donors (Lipinski definition) is 1. The summed E-state index contributed by atoms with van der Waals surface area (Å²) in [6.45, 7) is 2.67. The van der Waals surface area contributed by atoms with Gasteiger partial charge in [0.15, 0.2) is 0 Å². The van der Waals surface area contributed by atoms with Crippen LogP contribution in [-0.4, -0.2) is 42.5 Å². The summed E-state index contributed by atoms with van der Waals surface area (Å²) in [7, 11) is 1.96. The largest absolute Gasteiger partial charge is 0.444 e. The zero-order valence-electron chi connectivity index (χ0n) is 13.6. The normalized spacial score (nSPS) is 17.0. The van der Waals surface area contributed by atoms with Gasteiger partial charge in [-0.15, -0.1) is 36.2 Å². The molecular weight excluding hydrogens is 369 g/mol. The van der Waals surface area contributed by atoms with Crippen LogP contribution in [0.5, 0.6) is 0 Å². The molecule has 3 rings (SSSR count). The lowest BCUT2D eigenvalue weighted by Crippen LogP contribution is -2.43. The molecule has 3 heterocycles. The molecule has 1 aliphatic heterocycles. The maximum absolute atomic E-state index is 12.4. The van der Waals surface area contributed by atoms with Crippen molar-refractivity contribution in [3.8, 4) is 10.8 Å². The van der Waals surface area contributed by atoms with E-state index in [1.165, 1.54) is 6.42 Å². The number of halogens is 2. The summed E-state index contributed by atoms with van der Waals surface area (Å²) in [4.78, 5) is 19.8. The van der Waals surface area contributed by atoms with Gasteiger partial charge in [0, 0.05) is 13.1 Å². The smallest absolute Gasteiger partial charge is 0.236 e. The summed E-state index contributed by atoms with van der Waals surface area (Å²) in [6.07, 6.45) is 4.19. The molecule has 0 aliphatic carbocycles. The zero-order valence-corrected chi connectivity index (χ0v) is 16.0. The fourth-order valence-electron chi connectivity index (χ4n) is 2.92. The first-order valence-corrected chi connectivity index (χ1v) is 8.55. The average Bonchev–Trinajstić information content (AvgIpc) is 3.18. The maximum Gasteiger partial charge on any atom is 0.236 e. The number of carbonyl (C=O) groups excluding carboxylic acids is 1. The Morgan fingerprint density at radius 2 is 2.33 bits per heavy atom. The van der Waals surface area contributed by atoms with E-state index in [0.29, 0.717) is 23.9 Å². The van der Waals surface area contributed by atoms with Gasteiger partial charge >= 0.3 is 0 Å². The van der Waals surface area contributed by atoms with Crippen molar-refractivity contribution in [3.05, 3.63) is 29.5 Å². The van der Waals surface area contributed by atoms with Gasteiger partial charge < -0.3 is 14.6 Å². The lowest BCUT2D eigenvalue weighted by molar-refractivity contribution is -0.132. The number of aromatic nitrogens is 1. The molecule has 1 fully saturated rings. The minimum atomic E-state index is 0. The Kier molecular flexibility index (Phi) is 8.76. The number of piperidine rings is 1.